The largest absolute Gasteiger partial charge is 0.508 e. The smallest absolute Gasteiger partial charge is 0.175 e. The normalized spacial score (nSPS) is 20.4. The van der Waals surface area contributed by atoms with E-state index in [1.54, 1.807) is 42.5 Å². The number of fused-ring (bicyclic) bond motifs is 1. The van der Waals surface area contributed by atoms with E-state index in [2.05, 4.69) is 11.8 Å². The quantitative estimate of drug-likeness (QED) is 0.375. The van der Waals surface area contributed by atoms with E-state index in [4.69, 9.17) is 9.47 Å². The second-order valence-corrected chi connectivity index (χ2v) is 12.6. The van der Waals surface area contributed by atoms with Crippen molar-refractivity contribution in [2.75, 3.05) is 32.6 Å². The van der Waals surface area contributed by atoms with Crippen molar-refractivity contribution >= 4 is 21.0 Å². The van der Waals surface area contributed by atoms with Gasteiger partial charge in [0.05, 0.1) is 11.6 Å². The van der Waals surface area contributed by atoms with E-state index in [0.29, 0.717) is 12.4 Å². The lowest BCUT2D eigenvalue weighted by molar-refractivity contribution is 0.165. The minimum atomic E-state index is -3.32. The van der Waals surface area contributed by atoms with E-state index in [0.717, 1.165) is 53.1 Å². The molecule has 0 amide bonds. The Hall–Kier alpha value is -3.36. The van der Waals surface area contributed by atoms with Crippen LogP contribution >= 0.6 is 0 Å². The zero-order valence-corrected chi connectivity index (χ0v) is 23.2. The van der Waals surface area contributed by atoms with Gasteiger partial charge in [-0.1, -0.05) is 24.3 Å². The van der Waals surface area contributed by atoms with Crippen LogP contribution in [0, 0.1) is 5.92 Å². The molecule has 2 heterocycles. The van der Waals surface area contributed by atoms with Crippen molar-refractivity contribution in [2.24, 2.45) is 5.92 Å². The molecule has 39 heavy (non-hydrogen) atoms. The number of alkyl halides is 1. The number of phenolic OH excluding ortho intramolecular Hbond substituents is 1. The van der Waals surface area contributed by atoms with Crippen LogP contribution in [0.2, 0.25) is 0 Å². The Morgan fingerprint density at radius 1 is 1.10 bits per heavy atom. The Bertz CT molecular complexity index is 1470. The molecule has 0 aromatic heterocycles. The number of likely N-dealkylation sites (tertiary alicyclic amines) is 1. The molecule has 206 valence electrons. The molecule has 0 bridgehead atoms. The van der Waals surface area contributed by atoms with Crippen molar-refractivity contribution in [2.45, 2.75) is 37.3 Å². The van der Waals surface area contributed by atoms with Gasteiger partial charge < -0.3 is 14.6 Å². The van der Waals surface area contributed by atoms with Gasteiger partial charge in [-0.3, -0.25) is 9.29 Å². The Morgan fingerprint density at radius 2 is 1.82 bits per heavy atom. The summed E-state index contributed by atoms with van der Waals surface area (Å²) < 4.78 is 49.5. The highest BCUT2D eigenvalue weighted by Crippen LogP contribution is 2.47. The molecule has 0 saturated carbocycles. The number of ether oxygens (including phenoxy) is 2. The van der Waals surface area contributed by atoms with E-state index in [-0.39, 0.29) is 29.3 Å². The van der Waals surface area contributed by atoms with Crippen molar-refractivity contribution in [1.29, 1.82) is 0 Å². The van der Waals surface area contributed by atoms with Crippen molar-refractivity contribution in [3.8, 4) is 17.2 Å². The molecule has 1 N–H and O–H groups in total. The van der Waals surface area contributed by atoms with Crippen LogP contribution in [0.3, 0.4) is 0 Å². The molecule has 5 rings (SSSR count). The standard InChI is InChI=1S/C31H34FNO5S/c1-20(33-15-14-22(17-32)18-33)19-37-26-9-4-24(5-10-26)31-30(23-6-11-27(12-7-23)39(3,35)36)21(2)28-16-25(34)8-13-29(28)38-31/h4-13,16,20,22,31,34H,14-15,17-19H2,1-3H3/t20-,22-,31?/m0/s1. The molecule has 3 atom stereocenters. The first kappa shape index (κ1) is 27.2. The number of nitrogens with zero attached hydrogens (tertiary/aromatic N) is 1. The first-order valence-corrected chi connectivity index (χ1v) is 15.1. The van der Waals surface area contributed by atoms with Crippen LogP contribution in [0.1, 0.15) is 43.1 Å². The highest BCUT2D eigenvalue weighted by Gasteiger charge is 2.30. The van der Waals surface area contributed by atoms with Gasteiger partial charge in [0.2, 0.25) is 0 Å². The van der Waals surface area contributed by atoms with Gasteiger partial charge in [0.15, 0.2) is 9.84 Å². The van der Waals surface area contributed by atoms with Gasteiger partial charge in [-0.05, 0) is 86.0 Å². The van der Waals surface area contributed by atoms with Crippen LogP contribution in [0.5, 0.6) is 17.2 Å². The molecule has 2 aliphatic rings. The zero-order chi connectivity index (χ0) is 27.7. The summed E-state index contributed by atoms with van der Waals surface area (Å²) in [6.45, 7) is 6.02. The Labute approximate surface area is 229 Å². The summed E-state index contributed by atoms with van der Waals surface area (Å²) in [6, 6.07) is 19.8. The maximum atomic E-state index is 13.0. The van der Waals surface area contributed by atoms with Crippen LogP contribution in [0.25, 0.3) is 11.1 Å². The number of halogens is 1. The minimum Gasteiger partial charge on any atom is -0.508 e. The number of sulfone groups is 1. The molecule has 2 aliphatic heterocycles. The highest BCUT2D eigenvalue weighted by molar-refractivity contribution is 7.90. The molecular formula is C31H34FNO5S. The van der Waals surface area contributed by atoms with Gasteiger partial charge in [0, 0.05) is 35.9 Å². The zero-order valence-electron chi connectivity index (χ0n) is 22.4. The van der Waals surface area contributed by atoms with Gasteiger partial charge in [-0.15, -0.1) is 0 Å². The van der Waals surface area contributed by atoms with Gasteiger partial charge in [-0.2, -0.15) is 0 Å². The third-order valence-corrected chi connectivity index (χ3v) is 8.83. The summed E-state index contributed by atoms with van der Waals surface area (Å²) in [5.74, 6) is 1.68. The average molecular weight is 552 g/mol. The number of aromatic hydroxyl groups is 1. The van der Waals surface area contributed by atoms with Gasteiger partial charge >= 0.3 is 0 Å². The summed E-state index contributed by atoms with van der Waals surface area (Å²) in [6.07, 6.45) is 1.64. The third-order valence-electron chi connectivity index (χ3n) is 7.70. The summed E-state index contributed by atoms with van der Waals surface area (Å²) in [5.41, 5.74) is 4.38. The first-order valence-electron chi connectivity index (χ1n) is 13.2. The van der Waals surface area contributed by atoms with Crippen LogP contribution in [-0.4, -0.2) is 57.1 Å². The second kappa shape index (κ2) is 11.0. The molecule has 6 nitrogen and oxygen atoms in total. The number of hydrogen-bond donors (Lipinski definition) is 1. The van der Waals surface area contributed by atoms with Crippen molar-refractivity contribution < 1.29 is 27.4 Å². The molecule has 1 fully saturated rings. The molecule has 1 unspecified atom stereocenters. The molecule has 0 aliphatic carbocycles. The first-order chi connectivity index (χ1) is 18.6. The molecule has 3 aromatic rings. The number of benzene rings is 3. The minimum absolute atomic E-state index is 0.129. The van der Waals surface area contributed by atoms with Crippen LogP contribution in [0.4, 0.5) is 4.39 Å². The topological polar surface area (TPSA) is 76.1 Å². The Kier molecular flexibility index (Phi) is 7.69. The molecule has 0 spiro atoms. The van der Waals surface area contributed by atoms with Gasteiger partial charge in [0.25, 0.3) is 0 Å². The SMILES string of the molecule is CC1=C(c2ccc(S(C)(=O)=O)cc2)C(c2ccc(OC[C@H](C)N3CC[C@@H](CF)C3)cc2)Oc2ccc(O)cc21. The Morgan fingerprint density at radius 3 is 2.46 bits per heavy atom. The summed E-state index contributed by atoms with van der Waals surface area (Å²) in [7, 11) is -3.32. The van der Waals surface area contributed by atoms with Gasteiger partial charge in [-0.25, -0.2) is 8.42 Å². The van der Waals surface area contributed by atoms with E-state index in [1.165, 1.54) is 6.26 Å². The fourth-order valence-corrected chi connectivity index (χ4v) is 6.01. The van der Waals surface area contributed by atoms with Gasteiger partial charge in [0.1, 0.15) is 30.0 Å². The van der Waals surface area contributed by atoms with Crippen molar-refractivity contribution in [1.82, 2.24) is 4.90 Å². The van der Waals surface area contributed by atoms with E-state index >= 15 is 0 Å². The number of hydrogen-bond acceptors (Lipinski definition) is 6. The molecule has 1 saturated heterocycles. The molecule has 8 heteroatoms. The van der Waals surface area contributed by atoms with E-state index < -0.39 is 15.9 Å². The molecular weight excluding hydrogens is 517 g/mol. The van der Waals surface area contributed by atoms with Crippen molar-refractivity contribution in [3.63, 3.8) is 0 Å². The molecule has 0 radical (unpaired) electrons. The lowest BCUT2D eigenvalue weighted by atomic mass is 9.86. The summed E-state index contributed by atoms with van der Waals surface area (Å²) in [5, 5.41) is 10.1. The van der Waals surface area contributed by atoms with E-state index in [9.17, 15) is 17.9 Å². The van der Waals surface area contributed by atoms with Crippen LogP contribution in [-0.2, 0) is 9.84 Å². The number of rotatable bonds is 8. The maximum absolute atomic E-state index is 13.0. The molecule has 3 aromatic carbocycles. The lowest BCUT2D eigenvalue weighted by Gasteiger charge is -2.31. The highest BCUT2D eigenvalue weighted by atomic mass is 32.2. The van der Waals surface area contributed by atoms with Crippen LogP contribution < -0.4 is 9.47 Å². The fourth-order valence-electron chi connectivity index (χ4n) is 5.38. The van der Waals surface area contributed by atoms with Crippen LogP contribution in [0.15, 0.2) is 71.6 Å². The number of phenols is 1. The second-order valence-electron chi connectivity index (χ2n) is 10.5. The van der Waals surface area contributed by atoms with E-state index in [1.807, 2.05) is 31.2 Å². The Balaban J connectivity index is 1.40. The fraction of sp³-hybridized carbons (Fsp3) is 0.355. The van der Waals surface area contributed by atoms with Crippen molar-refractivity contribution in [3.05, 3.63) is 83.4 Å². The monoisotopic (exact) mass is 551 g/mol. The maximum Gasteiger partial charge on any atom is 0.175 e. The average Bonchev–Trinajstić information content (AvgIpc) is 3.42. The third kappa shape index (κ3) is 5.82. The summed E-state index contributed by atoms with van der Waals surface area (Å²) in [4.78, 5) is 2.53. The summed E-state index contributed by atoms with van der Waals surface area (Å²) >= 11 is 0. The predicted octanol–water partition coefficient (Wildman–Crippen LogP) is 5.92. The predicted molar refractivity (Wildman–Crippen MR) is 151 cm³/mol. The number of allylic oxidation sites excluding steroid dienone is 1. The lowest BCUT2D eigenvalue weighted by Crippen LogP contribution is -2.35.